The summed E-state index contributed by atoms with van der Waals surface area (Å²) in [5, 5.41) is 7.49. The van der Waals surface area contributed by atoms with E-state index in [2.05, 4.69) is 44.5 Å². The molecular formula is C26H29F2N5O. The van der Waals surface area contributed by atoms with Gasteiger partial charge in [0.1, 0.15) is 0 Å². The first-order valence-electron chi connectivity index (χ1n) is 11.9. The fourth-order valence-corrected chi connectivity index (χ4v) is 4.87. The second kappa shape index (κ2) is 10.0. The Hall–Kier alpha value is -3.10. The van der Waals surface area contributed by atoms with Crippen LogP contribution in [0.25, 0.3) is 5.69 Å². The van der Waals surface area contributed by atoms with Crippen LogP contribution in [0.3, 0.4) is 0 Å². The molecule has 2 aromatic carbocycles. The van der Waals surface area contributed by atoms with Gasteiger partial charge in [-0.1, -0.05) is 30.3 Å². The van der Waals surface area contributed by atoms with E-state index in [4.69, 9.17) is 0 Å². The molecule has 2 aliphatic rings. The third-order valence-electron chi connectivity index (χ3n) is 6.72. The lowest BCUT2D eigenvalue weighted by Crippen LogP contribution is -2.48. The molecule has 0 bridgehead atoms. The minimum Gasteiger partial charge on any atom is -0.349 e. The van der Waals surface area contributed by atoms with Crippen molar-refractivity contribution in [2.75, 3.05) is 39.3 Å². The minimum absolute atomic E-state index is 0.206. The van der Waals surface area contributed by atoms with Crippen molar-refractivity contribution in [3.63, 3.8) is 0 Å². The van der Waals surface area contributed by atoms with Gasteiger partial charge in [-0.2, -0.15) is 5.10 Å². The van der Waals surface area contributed by atoms with Crippen molar-refractivity contribution in [3.8, 4) is 5.69 Å². The van der Waals surface area contributed by atoms with Gasteiger partial charge in [0.2, 0.25) is 0 Å². The maximum atomic E-state index is 13.8. The van der Waals surface area contributed by atoms with Crippen LogP contribution in [-0.2, 0) is 19.4 Å². The molecule has 1 amide bonds. The molecule has 34 heavy (non-hydrogen) atoms. The van der Waals surface area contributed by atoms with Gasteiger partial charge in [0.25, 0.3) is 5.91 Å². The van der Waals surface area contributed by atoms with E-state index in [0.717, 1.165) is 81.9 Å². The minimum atomic E-state index is -0.922. The highest BCUT2D eigenvalue weighted by atomic mass is 19.2. The first-order chi connectivity index (χ1) is 16.6. The van der Waals surface area contributed by atoms with Crippen LogP contribution in [-0.4, -0.2) is 64.8 Å². The van der Waals surface area contributed by atoms with E-state index in [9.17, 15) is 13.6 Å². The lowest BCUT2D eigenvalue weighted by Gasteiger charge is -2.34. The molecule has 178 valence electrons. The Morgan fingerprint density at radius 3 is 2.47 bits per heavy atom. The summed E-state index contributed by atoms with van der Waals surface area (Å²) in [5.41, 5.74) is 3.98. The van der Waals surface area contributed by atoms with Gasteiger partial charge in [-0.3, -0.25) is 14.6 Å². The molecule has 0 radical (unpaired) electrons. The summed E-state index contributed by atoms with van der Waals surface area (Å²) in [7, 11) is 0. The summed E-state index contributed by atoms with van der Waals surface area (Å²) in [4.78, 5) is 17.7. The van der Waals surface area contributed by atoms with Crippen LogP contribution in [0.4, 0.5) is 8.78 Å². The summed E-state index contributed by atoms with van der Waals surface area (Å²) in [5.74, 6) is -2.02. The van der Waals surface area contributed by atoms with Crippen molar-refractivity contribution in [1.29, 1.82) is 0 Å². The summed E-state index contributed by atoms with van der Waals surface area (Å²) in [6, 6.07) is 14.2. The number of halogens is 2. The first-order valence-corrected chi connectivity index (χ1v) is 11.9. The van der Waals surface area contributed by atoms with E-state index in [1.165, 1.54) is 11.6 Å². The lowest BCUT2D eigenvalue weighted by molar-refractivity contribution is 0.0928. The van der Waals surface area contributed by atoms with Crippen LogP contribution in [0.15, 0.2) is 48.5 Å². The zero-order valence-electron chi connectivity index (χ0n) is 19.1. The SMILES string of the molecule is O=C(NCCN1CCN(Cc2ccccc2)CC1)c1nn(-c2ccc(F)c(F)c2)c2c1CCC2. The summed E-state index contributed by atoms with van der Waals surface area (Å²) in [6.07, 6.45) is 2.46. The van der Waals surface area contributed by atoms with Gasteiger partial charge in [0.05, 0.1) is 5.69 Å². The maximum Gasteiger partial charge on any atom is 0.272 e. The van der Waals surface area contributed by atoms with Crippen molar-refractivity contribution < 1.29 is 13.6 Å². The molecule has 0 saturated carbocycles. The highest BCUT2D eigenvalue weighted by Gasteiger charge is 2.27. The van der Waals surface area contributed by atoms with Crippen molar-refractivity contribution in [2.24, 2.45) is 0 Å². The number of piperazine rings is 1. The molecular weight excluding hydrogens is 436 g/mol. The molecule has 1 fully saturated rings. The van der Waals surface area contributed by atoms with Crippen LogP contribution < -0.4 is 5.32 Å². The number of rotatable bonds is 7. The Morgan fingerprint density at radius 2 is 1.71 bits per heavy atom. The van der Waals surface area contributed by atoms with Crippen molar-refractivity contribution in [3.05, 3.63) is 82.7 Å². The highest BCUT2D eigenvalue weighted by Crippen LogP contribution is 2.28. The highest BCUT2D eigenvalue weighted by molar-refractivity contribution is 5.94. The predicted molar refractivity (Wildman–Crippen MR) is 126 cm³/mol. The summed E-state index contributed by atoms with van der Waals surface area (Å²) in [6.45, 7) is 6.27. The quantitative estimate of drug-likeness (QED) is 0.583. The number of aromatic nitrogens is 2. The molecule has 1 aromatic heterocycles. The van der Waals surface area contributed by atoms with E-state index >= 15 is 0 Å². The van der Waals surface area contributed by atoms with Gasteiger partial charge in [0.15, 0.2) is 17.3 Å². The average Bonchev–Trinajstić information content (AvgIpc) is 3.46. The zero-order valence-corrected chi connectivity index (χ0v) is 19.1. The smallest absolute Gasteiger partial charge is 0.272 e. The molecule has 0 atom stereocenters. The average molecular weight is 466 g/mol. The third kappa shape index (κ3) is 4.88. The topological polar surface area (TPSA) is 53.4 Å². The molecule has 5 rings (SSSR count). The maximum absolute atomic E-state index is 13.8. The number of carbonyl (C=O) groups excluding carboxylic acids is 1. The van der Waals surface area contributed by atoms with Crippen molar-refractivity contribution >= 4 is 5.91 Å². The molecule has 1 N–H and O–H groups in total. The monoisotopic (exact) mass is 465 g/mol. The number of fused-ring (bicyclic) bond motifs is 1. The number of nitrogens with zero attached hydrogens (tertiary/aromatic N) is 4. The van der Waals surface area contributed by atoms with Gasteiger partial charge >= 0.3 is 0 Å². The molecule has 8 heteroatoms. The van der Waals surface area contributed by atoms with Gasteiger partial charge in [-0.25, -0.2) is 13.5 Å². The van der Waals surface area contributed by atoms with Gasteiger partial charge in [-0.15, -0.1) is 0 Å². The number of amides is 1. The van der Waals surface area contributed by atoms with Crippen molar-refractivity contribution in [1.82, 2.24) is 24.9 Å². The molecule has 2 heterocycles. The Labute approximate surface area is 198 Å². The molecule has 1 aliphatic heterocycles. The van der Waals surface area contributed by atoms with E-state index in [-0.39, 0.29) is 5.91 Å². The van der Waals surface area contributed by atoms with Gasteiger partial charge in [-0.05, 0) is 37.0 Å². The zero-order chi connectivity index (χ0) is 23.5. The van der Waals surface area contributed by atoms with Gasteiger partial charge in [0, 0.05) is 63.1 Å². The number of hydrogen-bond acceptors (Lipinski definition) is 4. The molecule has 1 aliphatic carbocycles. The van der Waals surface area contributed by atoms with Crippen molar-refractivity contribution in [2.45, 2.75) is 25.8 Å². The van der Waals surface area contributed by atoms with E-state index < -0.39 is 11.6 Å². The van der Waals surface area contributed by atoms with E-state index in [1.807, 2.05) is 6.07 Å². The molecule has 0 unspecified atom stereocenters. The number of benzene rings is 2. The summed E-state index contributed by atoms with van der Waals surface area (Å²) >= 11 is 0. The van der Waals surface area contributed by atoms with Crippen LogP contribution in [0, 0.1) is 11.6 Å². The Balaban J connectivity index is 1.15. The molecule has 6 nitrogen and oxygen atoms in total. The molecule has 3 aromatic rings. The second-order valence-electron chi connectivity index (χ2n) is 9.00. The lowest BCUT2D eigenvalue weighted by atomic mass is 10.2. The van der Waals surface area contributed by atoms with Gasteiger partial charge < -0.3 is 5.32 Å². The van der Waals surface area contributed by atoms with Crippen LogP contribution in [0.1, 0.15) is 33.7 Å². The fraction of sp³-hybridized carbons (Fsp3) is 0.385. The van der Waals surface area contributed by atoms with Crippen LogP contribution in [0.2, 0.25) is 0 Å². The normalized spacial score (nSPS) is 16.5. The molecule has 1 saturated heterocycles. The standard InChI is InChI=1S/C26H29F2N5O/c27-22-10-9-20(17-23(22)28)33-24-8-4-7-21(24)25(30-33)26(34)29-11-12-31-13-15-32(16-14-31)18-19-5-2-1-3-6-19/h1-3,5-6,9-10,17H,4,7-8,11-16,18H2,(H,29,34). The number of carbonyl (C=O) groups is 1. The predicted octanol–water partition coefficient (Wildman–Crippen LogP) is 3.19. The Morgan fingerprint density at radius 1 is 0.941 bits per heavy atom. The number of nitrogens with one attached hydrogen (secondary N) is 1. The van der Waals surface area contributed by atoms with Crippen LogP contribution >= 0.6 is 0 Å². The number of hydrogen-bond donors (Lipinski definition) is 1. The first kappa shape index (κ1) is 22.7. The Bertz CT molecular complexity index is 1160. The molecule has 0 spiro atoms. The van der Waals surface area contributed by atoms with E-state index in [0.29, 0.717) is 17.9 Å². The van der Waals surface area contributed by atoms with E-state index in [1.54, 1.807) is 4.68 Å². The second-order valence-corrected chi connectivity index (χ2v) is 9.00. The van der Waals surface area contributed by atoms with Crippen LogP contribution in [0.5, 0.6) is 0 Å². The Kier molecular flexibility index (Phi) is 6.69. The summed E-state index contributed by atoms with van der Waals surface area (Å²) < 4.78 is 28.7. The largest absolute Gasteiger partial charge is 0.349 e. The third-order valence-corrected chi connectivity index (χ3v) is 6.72. The fourth-order valence-electron chi connectivity index (χ4n) is 4.87.